The molecule has 9 heteroatoms. The van der Waals surface area contributed by atoms with Crippen molar-refractivity contribution in [2.24, 2.45) is 24.6 Å². The maximum absolute atomic E-state index is 13.8. The number of carbonyl (C=O) groups is 1. The molecule has 4 heterocycles. The Morgan fingerprint density at radius 1 is 0.978 bits per heavy atom. The highest BCUT2D eigenvalue weighted by Gasteiger charge is 2.47. The molecule has 0 spiro atoms. The van der Waals surface area contributed by atoms with Crippen molar-refractivity contribution >= 4 is 38.7 Å². The van der Waals surface area contributed by atoms with Crippen LogP contribution in [0.5, 0.6) is 5.75 Å². The summed E-state index contributed by atoms with van der Waals surface area (Å²) in [4.78, 5) is 35.8. The number of aromatic nitrogens is 4. The molecule has 2 saturated carbocycles. The van der Waals surface area contributed by atoms with E-state index in [1.54, 1.807) is 13.2 Å². The third-order valence-electron chi connectivity index (χ3n) is 10.6. The Hall–Kier alpha value is -4.89. The van der Waals surface area contributed by atoms with E-state index in [4.69, 9.17) is 15.5 Å². The van der Waals surface area contributed by atoms with Crippen molar-refractivity contribution in [2.45, 2.75) is 44.3 Å². The molecule has 232 valence electrons. The van der Waals surface area contributed by atoms with E-state index in [1.807, 2.05) is 42.3 Å². The zero-order chi connectivity index (χ0) is 31.3. The van der Waals surface area contributed by atoms with E-state index in [0.29, 0.717) is 23.1 Å². The van der Waals surface area contributed by atoms with Gasteiger partial charge in [-0.1, -0.05) is 24.3 Å². The number of hydrogen-bond acceptors (Lipinski definition) is 5. The first kappa shape index (κ1) is 27.4. The van der Waals surface area contributed by atoms with Crippen molar-refractivity contribution in [3.8, 4) is 28.4 Å². The smallest absolute Gasteiger partial charge is 0.254 e. The van der Waals surface area contributed by atoms with Crippen LogP contribution in [0, 0.1) is 11.8 Å². The van der Waals surface area contributed by atoms with Crippen molar-refractivity contribution < 1.29 is 9.53 Å². The van der Waals surface area contributed by atoms with Gasteiger partial charge in [0.25, 0.3) is 5.91 Å². The van der Waals surface area contributed by atoms with Crippen LogP contribution >= 0.6 is 0 Å². The van der Waals surface area contributed by atoms with Crippen molar-refractivity contribution in [2.75, 3.05) is 13.7 Å². The summed E-state index contributed by atoms with van der Waals surface area (Å²) in [5, 5.41) is 2.14. The van der Waals surface area contributed by atoms with Crippen LogP contribution in [-0.2, 0) is 13.6 Å². The van der Waals surface area contributed by atoms with Gasteiger partial charge in [-0.3, -0.25) is 9.59 Å². The summed E-state index contributed by atoms with van der Waals surface area (Å²) in [5.74, 6) is 2.50. The molecule has 3 atom stereocenters. The number of benzene rings is 3. The number of hydrogen-bond donors (Lipinski definition) is 2. The molecule has 9 nitrogen and oxygen atoms in total. The van der Waals surface area contributed by atoms with Crippen LogP contribution in [0.25, 0.3) is 55.5 Å². The molecule has 2 bridgehead atoms. The van der Waals surface area contributed by atoms with Crippen LogP contribution in [0.2, 0.25) is 0 Å². The molecule has 3 N–H and O–H groups in total. The SMILES string of the molecule is COc1cc(C(=O)N2C[C@H]3CC[C@@H]2[C@@H]3N)cc2nc(-c3cc4ccc(-c5ccc6ccc(=O)[nH]c6c5)cc4n3CC3CC3)n(C)c12. The Bertz CT molecular complexity index is 2270. The van der Waals surface area contributed by atoms with E-state index in [-0.39, 0.29) is 23.6 Å². The fourth-order valence-electron chi connectivity index (χ4n) is 7.97. The van der Waals surface area contributed by atoms with Gasteiger partial charge in [0, 0.05) is 60.3 Å². The number of nitrogens with two attached hydrogens (primary N) is 1. The number of fused-ring (bicyclic) bond motifs is 5. The molecule has 3 aromatic carbocycles. The Labute approximate surface area is 265 Å². The lowest BCUT2D eigenvalue weighted by atomic mass is 10.0. The van der Waals surface area contributed by atoms with Crippen LogP contribution in [-0.4, -0.2) is 55.6 Å². The number of piperidine rings is 1. The number of carbonyl (C=O) groups excluding carboxylic acids is 1. The lowest BCUT2D eigenvalue weighted by Crippen LogP contribution is -2.41. The van der Waals surface area contributed by atoms with Gasteiger partial charge in [-0.2, -0.15) is 0 Å². The molecule has 3 aliphatic rings. The first-order chi connectivity index (χ1) is 22.4. The Morgan fingerprint density at radius 3 is 2.50 bits per heavy atom. The summed E-state index contributed by atoms with van der Waals surface area (Å²) in [6.45, 7) is 1.63. The largest absolute Gasteiger partial charge is 0.494 e. The number of amides is 1. The van der Waals surface area contributed by atoms with E-state index >= 15 is 0 Å². The lowest BCUT2D eigenvalue weighted by Gasteiger charge is -2.27. The summed E-state index contributed by atoms with van der Waals surface area (Å²) >= 11 is 0. The Balaban J connectivity index is 1.15. The molecule has 3 aromatic heterocycles. The quantitative estimate of drug-likeness (QED) is 0.251. The molecule has 1 saturated heterocycles. The van der Waals surface area contributed by atoms with Gasteiger partial charge >= 0.3 is 0 Å². The molecule has 0 radical (unpaired) electrons. The van der Waals surface area contributed by atoms with Crippen LogP contribution in [0.3, 0.4) is 0 Å². The van der Waals surface area contributed by atoms with Gasteiger partial charge in [-0.05, 0) is 90.4 Å². The minimum atomic E-state index is -0.106. The number of nitrogens with one attached hydrogen (secondary N) is 1. The number of H-pyrrole nitrogens is 1. The number of imidazole rings is 1. The van der Waals surface area contributed by atoms with E-state index in [2.05, 4.69) is 44.5 Å². The second-order valence-corrected chi connectivity index (χ2v) is 13.5. The Morgan fingerprint density at radius 2 is 1.76 bits per heavy atom. The molecular weight excluding hydrogens is 576 g/mol. The van der Waals surface area contributed by atoms with Gasteiger partial charge in [0.15, 0.2) is 5.82 Å². The number of pyridine rings is 1. The molecule has 1 aliphatic heterocycles. The summed E-state index contributed by atoms with van der Waals surface area (Å²) < 4.78 is 10.4. The normalized spacial score (nSPS) is 20.8. The van der Waals surface area contributed by atoms with Crippen molar-refractivity contribution in [1.82, 2.24) is 24.0 Å². The topological polar surface area (TPSA) is 111 Å². The second-order valence-electron chi connectivity index (χ2n) is 13.5. The van der Waals surface area contributed by atoms with E-state index in [0.717, 1.165) is 81.4 Å². The molecule has 6 aromatic rings. The zero-order valence-electron chi connectivity index (χ0n) is 26.0. The zero-order valence-corrected chi connectivity index (χ0v) is 26.0. The van der Waals surface area contributed by atoms with Crippen molar-refractivity contribution in [3.05, 3.63) is 82.6 Å². The molecule has 1 amide bonds. The number of ether oxygens (including phenoxy) is 1. The average molecular weight is 613 g/mol. The third kappa shape index (κ3) is 4.21. The monoisotopic (exact) mass is 612 g/mol. The maximum Gasteiger partial charge on any atom is 0.254 e. The second kappa shape index (κ2) is 10.1. The predicted molar refractivity (Wildman–Crippen MR) is 180 cm³/mol. The first-order valence-corrected chi connectivity index (χ1v) is 16.2. The number of likely N-dealkylation sites (tertiary alicyclic amines) is 1. The molecule has 2 aliphatic carbocycles. The molecule has 9 rings (SSSR count). The molecular formula is C37H36N6O3. The third-order valence-corrected chi connectivity index (χ3v) is 10.6. The van der Waals surface area contributed by atoms with Crippen LogP contribution in [0.15, 0.2) is 71.5 Å². The van der Waals surface area contributed by atoms with Gasteiger partial charge in [-0.25, -0.2) is 4.98 Å². The maximum atomic E-state index is 13.8. The van der Waals surface area contributed by atoms with Crippen LogP contribution < -0.4 is 16.0 Å². The highest BCUT2D eigenvalue weighted by atomic mass is 16.5. The fraction of sp³-hybridized carbons (Fsp3) is 0.324. The molecule has 46 heavy (non-hydrogen) atoms. The highest BCUT2D eigenvalue weighted by molar-refractivity contribution is 6.01. The van der Waals surface area contributed by atoms with E-state index < -0.39 is 0 Å². The first-order valence-electron chi connectivity index (χ1n) is 16.2. The van der Waals surface area contributed by atoms with Crippen molar-refractivity contribution in [3.63, 3.8) is 0 Å². The van der Waals surface area contributed by atoms with Gasteiger partial charge in [0.2, 0.25) is 5.56 Å². The summed E-state index contributed by atoms with van der Waals surface area (Å²) in [7, 11) is 3.67. The van der Waals surface area contributed by atoms with Gasteiger partial charge < -0.3 is 29.5 Å². The van der Waals surface area contributed by atoms with Crippen LogP contribution in [0.1, 0.15) is 36.0 Å². The number of methoxy groups -OCH3 is 1. The van der Waals surface area contributed by atoms with Gasteiger partial charge in [-0.15, -0.1) is 0 Å². The standard InChI is InChI=1S/C37H36N6O3/c1-41-35-28(14-26(17-32(35)46-2)37(45)43-19-25-9-11-29(43)34(25)38)40-36(41)31-16-24-8-7-23(15-30(24)42(31)18-20-3-4-20)22-6-5-21-10-12-33(44)39-27(21)13-22/h5-8,10,12-17,20,25,29,34H,3-4,9,11,18-19,38H2,1-2H3,(H,39,44)/t25-,29-,34-/m1/s1. The fourth-order valence-corrected chi connectivity index (χ4v) is 7.97. The lowest BCUT2D eigenvalue weighted by molar-refractivity contribution is 0.0700. The van der Waals surface area contributed by atoms with Gasteiger partial charge in [0.05, 0.1) is 18.3 Å². The number of nitrogens with zero attached hydrogens (tertiary/aromatic N) is 4. The van der Waals surface area contributed by atoms with E-state index in [9.17, 15) is 9.59 Å². The molecule has 0 unspecified atom stereocenters. The average Bonchev–Trinajstić information content (AvgIpc) is 3.47. The van der Waals surface area contributed by atoms with Crippen LogP contribution in [0.4, 0.5) is 0 Å². The minimum Gasteiger partial charge on any atom is -0.494 e. The summed E-state index contributed by atoms with van der Waals surface area (Å²) in [6.07, 6.45) is 4.51. The van der Waals surface area contributed by atoms with Crippen molar-refractivity contribution in [1.29, 1.82) is 0 Å². The molecule has 3 fully saturated rings. The summed E-state index contributed by atoms with van der Waals surface area (Å²) in [6, 6.07) is 22.3. The van der Waals surface area contributed by atoms with Gasteiger partial charge in [0.1, 0.15) is 11.3 Å². The summed E-state index contributed by atoms with van der Waals surface area (Å²) in [5.41, 5.74) is 13.7. The number of rotatable bonds is 6. The minimum absolute atomic E-state index is 0.00296. The highest BCUT2D eigenvalue weighted by Crippen LogP contribution is 2.41. The predicted octanol–water partition coefficient (Wildman–Crippen LogP) is 5.68. The Kier molecular flexibility index (Phi) is 5.99. The van der Waals surface area contributed by atoms with E-state index in [1.165, 1.54) is 12.8 Å². The number of aryl methyl sites for hydroxylation is 1. The number of aromatic amines is 1.